The van der Waals surface area contributed by atoms with Gasteiger partial charge in [0.1, 0.15) is 22.5 Å². The number of benzene rings is 2. The van der Waals surface area contributed by atoms with Gasteiger partial charge in [0.2, 0.25) is 0 Å². The number of imidazole rings is 1. The van der Waals surface area contributed by atoms with E-state index in [0.717, 1.165) is 57.8 Å². The van der Waals surface area contributed by atoms with Crippen LogP contribution in [0.4, 0.5) is 0 Å². The molecule has 0 amide bonds. The summed E-state index contributed by atoms with van der Waals surface area (Å²) in [6.07, 6.45) is 1.88. The zero-order valence-electron chi connectivity index (χ0n) is 23.9. The molecule has 2 aromatic heterocycles. The number of aryl methyl sites for hydroxylation is 3. The quantitative estimate of drug-likeness (QED) is 0.295. The van der Waals surface area contributed by atoms with E-state index in [2.05, 4.69) is 36.6 Å². The lowest BCUT2D eigenvalue weighted by Gasteiger charge is -2.26. The minimum absolute atomic E-state index is 0.271. The topological polar surface area (TPSA) is 77.2 Å². The Bertz CT molecular complexity index is 1600. The second-order valence-corrected chi connectivity index (χ2v) is 11.7. The van der Waals surface area contributed by atoms with Crippen LogP contribution < -0.4 is 0 Å². The lowest BCUT2D eigenvalue weighted by Crippen LogP contribution is -2.32. The fraction of sp³-hybridized carbons (Fsp3) is 0.364. The summed E-state index contributed by atoms with van der Waals surface area (Å²) < 4.78 is 7.97. The van der Waals surface area contributed by atoms with E-state index in [1.165, 1.54) is 0 Å². The Morgan fingerprint density at radius 2 is 1.74 bits per heavy atom. The van der Waals surface area contributed by atoms with Gasteiger partial charge in [0.25, 0.3) is 0 Å². The molecule has 0 aliphatic heterocycles. The number of fused-ring (bicyclic) bond motifs is 2. The first-order valence-electron chi connectivity index (χ1n) is 13.6. The summed E-state index contributed by atoms with van der Waals surface area (Å²) in [5.41, 5.74) is 6.34. The summed E-state index contributed by atoms with van der Waals surface area (Å²) in [5, 5.41) is 11.6. The number of nitrogens with zero attached hydrogens (tertiary/aromatic N) is 3. The standard InChI is InChI=1S/C33H37N3O3/c1-8-11-26-35-29-20(2)18-21(3)34-30(29)36(26)19-22-14-16-23(17-15-22)27-24-12-9-10-13-25(24)33(7,38)28(27)31(37)39-32(4,5)6/h9-10,12-18,38H,8,11,19H2,1-7H3. The van der Waals surface area contributed by atoms with E-state index in [4.69, 9.17) is 14.7 Å². The van der Waals surface area contributed by atoms with Crippen molar-refractivity contribution in [1.29, 1.82) is 0 Å². The highest BCUT2D eigenvalue weighted by Gasteiger charge is 2.45. The molecule has 0 saturated heterocycles. The van der Waals surface area contributed by atoms with Gasteiger partial charge in [0.05, 0.1) is 12.1 Å². The number of pyridine rings is 1. The van der Waals surface area contributed by atoms with Crippen LogP contribution in [0.25, 0.3) is 16.7 Å². The van der Waals surface area contributed by atoms with E-state index in [9.17, 15) is 9.90 Å². The number of rotatable bonds is 6. The molecule has 1 atom stereocenters. The van der Waals surface area contributed by atoms with E-state index >= 15 is 0 Å². The Morgan fingerprint density at radius 3 is 2.41 bits per heavy atom. The molecule has 202 valence electrons. The molecule has 4 aromatic rings. The SMILES string of the molecule is CCCc1nc2c(C)cc(C)nc2n1Cc1ccc(C2=C(C(=O)OC(C)(C)C)C(C)(O)c3ccccc32)cc1. The normalized spacial score (nSPS) is 17.1. The summed E-state index contributed by atoms with van der Waals surface area (Å²) in [6.45, 7) is 14.1. The van der Waals surface area contributed by atoms with Crippen molar-refractivity contribution in [2.75, 3.05) is 0 Å². The number of carbonyl (C=O) groups is 1. The lowest BCUT2D eigenvalue weighted by molar-refractivity contribution is -0.152. The Kier molecular flexibility index (Phi) is 6.71. The number of hydrogen-bond acceptors (Lipinski definition) is 5. The molecule has 2 heterocycles. The van der Waals surface area contributed by atoms with Gasteiger partial charge in [-0.3, -0.25) is 0 Å². The summed E-state index contributed by atoms with van der Waals surface area (Å²) in [5.74, 6) is 0.530. The third kappa shape index (κ3) is 4.89. The molecule has 1 aliphatic rings. The molecule has 1 aliphatic carbocycles. The zero-order chi connectivity index (χ0) is 28.1. The minimum atomic E-state index is -1.46. The molecular weight excluding hydrogens is 486 g/mol. The van der Waals surface area contributed by atoms with Crippen LogP contribution in [-0.4, -0.2) is 31.2 Å². The van der Waals surface area contributed by atoms with Gasteiger partial charge >= 0.3 is 5.97 Å². The maximum absolute atomic E-state index is 13.4. The molecule has 0 spiro atoms. The van der Waals surface area contributed by atoms with E-state index < -0.39 is 17.2 Å². The Hall–Kier alpha value is -3.77. The predicted octanol–water partition coefficient (Wildman–Crippen LogP) is 6.41. The Balaban J connectivity index is 1.57. The van der Waals surface area contributed by atoms with Gasteiger partial charge in [-0.2, -0.15) is 0 Å². The average molecular weight is 524 g/mol. The number of carbonyl (C=O) groups excluding carboxylic acids is 1. The summed E-state index contributed by atoms with van der Waals surface area (Å²) in [4.78, 5) is 23.2. The van der Waals surface area contributed by atoms with Gasteiger partial charge in [-0.15, -0.1) is 0 Å². The molecule has 2 aromatic carbocycles. The number of aromatic nitrogens is 3. The Labute approximate surface area is 230 Å². The molecule has 0 fully saturated rings. The van der Waals surface area contributed by atoms with Crippen molar-refractivity contribution < 1.29 is 14.6 Å². The monoisotopic (exact) mass is 523 g/mol. The van der Waals surface area contributed by atoms with Crippen molar-refractivity contribution >= 4 is 22.7 Å². The van der Waals surface area contributed by atoms with Crippen molar-refractivity contribution in [3.05, 3.63) is 99.5 Å². The molecule has 1 unspecified atom stereocenters. The first kappa shape index (κ1) is 26.8. The Morgan fingerprint density at radius 1 is 1.05 bits per heavy atom. The van der Waals surface area contributed by atoms with Crippen molar-refractivity contribution in [3.8, 4) is 0 Å². The molecule has 1 N–H and O–H groups in total. The summed E-state index contributed by atoms with van der Waals surface area (Å²) in [7, 11) is 0. The first-order valence-corrected chi connectivity index (χ1v) is 13.6. The highest BCUT2D eigenvalue weighted by atomic mass is 16.6. The predicted molar refractivity (Wildman–Crippen MR) is 154 cm³/mol. The maximum Gasteiger partial charge on any atom is 0.338 e. The molecule has 5 rings (SSSR count). The maximum atomic E-state index is 13.4. The third-order valence-corrected chi connectivity index (χ3v) is 7.22. The number of aliphatic hydroxyl groups is 1. The minimum Gasteiger partial charge on any atom is -0.457 e. The third-order valence-electron chi connectivity index (χ3n) is 7.22. The van der Waals surface area contributed by atoms with Gasteiger partial charge < -0.3 is 14.4 Å². The van der Waals surface area contributed by atoms with Gasteiger partial charge in [-0.1, -0.05) is 55.5 Å². The van der Waals surface area contributed by atoms with Crippen LogP contribution in [0, 0.1) is 13.8 Å². The second-order valence-electron chi connectivity index (χ2n) is 11.7. The summed E-state index contributed by atoms with van der Waals surface area (Å²) in [6, 6.07) is 17.9. The summed E-state index contributed by atoms with van der Waals surface area (Å²) >= 11 is 0. The zero-order valence-corrected chi connectivity index (χ0v) is 23.9. The lowest BCUT2D eigenvalue weighted by atomic mass is 9.92. The molecule has 39 heavy (non-hydrogen) atoms. The van der Waals surface area contributed by atoms with E-state index in [-0.39, 0.29) is 5.57 Å². The second kappa shape index (κ2) is 9.76. The van der Waals surface area contributed by atoms with E-state index in [1.807, 2.05) is 64.1 Å². The highest BCUT2D eigenvalue weighted by Crippen LogP contribution is 2.48. The van der Waals surface area contributed by atoms with Crippen molar-refractivity contribution in [1.82, 2.24) is 14.5 Å². The van der Waals surface area contributed by atoms with Gasteiger partial charge in [-0.25, -0.2) is 14.8 Å². The van der Waals surface area contributed by atoms with Crippen LogP contribution in [0.2, 0.25) is 0 Å². The van der Waals surface area contributed by atoms with Crippen molar-refractivity contribution in [2.45, 2.75) is 79.1 Å². The fourth-order valence-corrected chi connectivity index (χ4v) is 5.56. The first-order chi connectivity index (χ1) is 18.4. The molecule has 0 saturated carbocycles. The van der Waals surface area contributed by atoms with Crippen molar-refractivity contribution in [2.24, 2.45) is 0 Å². The van der Waals surface area contributed by atoms with Crippen LogP contribution in [0.5, 0.6) is 0 Å². The largest absolute Gasteiger partial charge is 0.457 e. The fourth-order valence-electron chi connectivity index (χ4n) is 5.56. The molecule has 6 heteroatoms. The van der Waals surface area contributed by atoms with Crippen LogP contribution in [-0.2, 0) is 28.1 Å². The molecule has 6 nitrogen and oxygen atoms in total. The van der Waals surface area contributed by atoms with Crippen LogP contribution in [0.1, 0.15) is 80.4 Å². The highest BCUT2D eigenvalue weighted by molar-refractivity contribution is 6.07. The van der Waals surface area contributed by atoms with Crippen LogP contribution in [0.3, 0.4) is 0 Å². The van der Waals surface area contributed by atoms with E-state index in [1.54, 1.807) is 6.92 Å². The van der Waals surface area contributed by atoms with E-state index in [0.29, 0.717) is 17.7 Å². The molecule has 0 radical (unpaired) electrons. The van der Waals surface area contributed by atoms with Gasteiger partial charge in [0.15, 0.2) is 5.65 Å². The van der Waals surface area contributed by atoms with Gasteiger partial charge in [0, 0.05) is 17.7 Å². The smallest absolute Gasteiger partial charge is 0.338 e. The molecule has 0 bridgehead atoms. The van der Waals surface area contributed by atoms with Crippen LogP contribution >= 0.6 is 0 Å². The van der Waals surface area contributed by atoms with Crippen molar-refractivity contribution in [3.63, 3.8) is 0 Å². The number of esters is 1. The van der Waals surface area contributed by atoms with Gasteiger partial charge in [-0.05, 0) is 81.8 Å². The molecular formula is C33H37N3O3. The average Bonchev–Trinajstić information content (AvgIpc) is 3.31. The number of ether oxygens (including phenoxy) is 1. The van der Waals surface area contributed by atoms with Crippen LogP contribution in [0.15, 0.2) is 60.2 Å². The number of hydrogen-bond donors (Lipinski definition) is 1.